The Morgan fingerprint density at radius 2 is 1.86 bits per heavy atom. The summed E-state index contributed by atoms with van der Waals surface area (Å²) in [5, 5.41) is 6.95. The lowest BCUT2D eigenvalue weighted by Gasteiger charge is -2.51. The van der Waals surface area contributed by atoms with Crippen molar-refractivity contribution in [2.75, 3.05) is 45.9 Å². The molecule has 3 saturated heterocycles. The Balaban J connectivity index is 1.52. The number of rotatable bonds is 4. The minimum atomic E-state index is -0.297. The van der Waals surface area contributed by atoms with Crippen LogP contribution in [0, 0.1) is 0 Å². The summed E-state index contributed by atoms with van der Waals surface area (Å²) in [6, 6.07) is 10.6. The molecule has 0 saturated carbocycles. The second kappa shape index (κ2) is 8.39. The minimum Gasteiger partial charge on any atom is -0.358 e. The second-order valence-corrected chi connectivity index (χ2v) is 8.38. The van der Waals surface area contributed by atoms with Gasteiger partial charge in [-0.05, 0) is 37.7 Å². The molecule has 1 atom stereocenters. The molecule has 154 valence electrons. The number of benzene rings is 1. The quantitative estimate of drug-likeness (QED) is 0.835. The van der Waals surface area contributed by atoms with Crippen molar-refractivity contribution in [2.45, 2.75) is 50.3 Å². The van der Waals surface area contributed by atoms with Gasteiger partial charge in [-0.25, -0.2) is 4.79 Å². The molecule has 28 heavy (non-hydrogen) atoms. The van der Waals surface area contributed by atoms with E-state index in [9.17, 15) is 4.79 Å². The van der Waals surface area contributed by atoms with E-state index in [1.54, 1.807) is 0 Å². The lowest BCUT2D eigenvalue weighted by molar-refractivity contribution is -0.181. The average Bonchev–Trinajstić information content (AvgIpc) is 3.30. The van der Waals surface area contributed by atoms with Gasteiger partial charge < -0.3 is 20.3 Å². The summed E-state index contributed by atoms with van der Waals surface area (Å²) in [7, 11) is 0. The normalized spacial score (nSPS) is 28.2. The number of urea groups is 1. The van der Waals surface area contributed by atoms with Gasteiger partial charge in [0.2, 0.25) is 0 Å². The number of carbonyl (C=O) groups is 1. The Hall–Kier alpha value is -1.63. The fourth-order valence-electron chi connectivity index (χ4n) is 5.04. The lowest BCUT2D eigenvalue weighted by atomic mass is 9.80. The Morgan fingerprint density at radius 3 is 2.46 bits per heavy atom. The smallest absolute Gasteiger partial charge is 0.318 e. The fraction of sp³-hybridized carbons (Fsp3) is 0.682. The van der Waals surface area contributed by atoms with Crippen LogP contribution < -0.4 is 10.6 Å². The number of hydrogen-bond donors (Lipinski definition) is 2. The van der Waals surface area contributed by atoms with E-state index < -0.39 is 0 Å². The monoisotopic (exact) mass is 386 g/mol. The van der Waals surface area contributed by atoms with E-state index in [2.05, 4.69) is 46.7 Å². The van der Waals surface area contributed by atoms with E-state index in [-0.39, 0.29) is 17.3 Å². The van der Waals surface area contributed by atoms with Gasteiger partial charge in [-0.15, -0.1) is 0 Å². The predicted molar refractivity (Wildman–Crippen MR) is 110 cm³/mol. The van der Waals surface area contributed by atoms with Crippen LogP contribution in [0.5, 0.6) is 0 Å². The number of amides is 2. The highest BCUT2D eigenvalue weighted by Gasteiger charge is 2.45. The van der Waals surface area contributed by atoms with Crippen molar-refractivity contribution in [1.29, 1.82) is 0 Å². The second-order valence-electron chi connectivity index (χ2n) is 8.38. The summed E-state index contributed by atoms with van der Waals surface area (Å²) in [5.41, 5.74) is 0.713. The standard InChI is InChI=1S/C22H34N4O2/c1-2-22(18-23-12-17-28-22)26-15-10-21(11-16-26,19-8-4-3-5-9-19)24-20(27)25-13-6-7-14-25/h3-5,8-9,23H,2,6-7,10-18H2,1H3,(H,24,27). The number of morpholine rings is 1. The molecule has 6 heteroatoms. The Kier molecular flexibility index (Phi) is 5.90. The Morgan fingerprint density at radius 1 is 1.14 bits per heavy atom. The van der Waals surface area contributed by atoms with Crippen LogP contribution in [0.25, 0.3) is 0 Å². The zero-order valence-electron chi connectivity index (χ0n) is 17.1. The number of piperidine rings is 1. The van der Waals surface area contributed by atoms with Crippen molar-refractivity contribution in [3.8, 4) is 0 Å². The number of hydrogen-bond acceptors (Lipinski definition) is 4. The van der Waals surface area contributed by atoms with Crippen LogP contribution in [0.1, 0.15) is 44.6 Å². The van der Waals surface area contributed by atoms with Crippen molar-refractivity contribution < 1.29 is 9.53 Å². The molecule has 2 amide bonds. The minimum absolute atomic E-state index is 0.0931. The lowest BCUT2D eigenvalue weighted by Crippen LogP contribution is -2.65. The van der Waals surface area contributed by atoms with E-state index in [1.807, 2.05) is 11.0 Å². The Bertz CT molecular complexity index is 646. The Labute approximate surface area is 168 Å². The summed E-state index contributed by atoms with van der Waals surface area (Å²) < 4.78 is 6.26. The molecule has 3 fully saturated rings. The van der Waals surface area contributed by atoms with E-state index in [1.165, 1.54) is 5.56 Å². The predicted octanol–water partition coefficient (Wildman–Crippen LogP) is 2.51. The molecule has 0 spiro atoms. The third kappa shape index (κ3) is 3.78. The molecule has 3 heterocycles. The molecule has 1 aromatic rings. The summed E-state index contributed by atoms with van der Waals surface area (Å²) in [5.74, 6) is 0. The molecule has 0 aliphatic carbocycles. The summed E-state index contributed by atoms with van der Waals surface area (Å²) in [6.45, 7) is 8.37. The van der Waals surface area contributed by atoms with Crippen molar-refractivity contribution in [3.05, 3.63) is 35.9 Å². The molecular weight excluding hydrogens is 352 g/mol. The third-order valence-corrected chi connectivity index (χ3v) is 6.86. The first kappa shape index (κ1) is 19.7. The van der Waals surface area contributed by atoms with Gasteiger partial charge in [0.15, 0.2) is 0 Å². The van der Waals surface area contributed by atoms with Crippen LogP contribution in [0.4, 0.5) is 4.79 Å². The maximum Gasteiger partial charge on any atom is 0.318 e. The van der Waals surface area contributed by atoms with E-state index in [4.69, 9.17) is 4.74 Å². The molecule has 3 aliphatic rings. The number of ether oxygens (including phenoxy) is 1. The van der Waals surface area contributed by atoms with Gasteiger partial charge in [0.25, 0.3) is 0 Å². The highest BCUT2D eigenvalue weighted by molar-refractivity contribution is 5.75. The molecule has 6 nitrogen and oxygen atoms in total. The molecule has 0 aromatic heterocycles. The first-order valence-electron chi connectivity index (χ1n) is 10.9. The highest BCUT2D eigenvalue weighted by atomic mass is 16.5. The van der Waals surface area contributed by atoms with E-state index in [0.717, 1.165) is 78.0 Å². The van der Waals surface area contributed by atoms with Crippen LogP contribution in [-0.4, -0.2) is 67.4 Å². The fourth-order valence-corrected chi connectivity index (χ4v) is 5.04. The van der Waals surface area contributed by atoms with E-state index >= 15 is 0 Å². The van der Waals surface area contributed by atoms with Gasteiger partial charge in [-0.1, -0.05) is 37.3 Å². The zero-order chi connectivity index (χ0) is 19.5. The summed E-state index contributed by atoms with van der Waals surface area (Å²) in [6.07, 6.45) is 5.01. The molecule has 0 radical (unpaired) electrons. The highest BCUT2D eigenvalue weighted by Crippen LogP contribution is 2.37. The maximum absolute atomic E-state index is 13.0. The van der Waals surface area contributed by atoms with Gasteiger partial charge in [0.05, 0.1) is 12.1 Å². The maximum atomic E-state index is 13.0. The average molecular weight is 387 g/mol. The van der Waals surface area contributed by atoms with Crippen LogP contribution in [-0.2, 0) is 10.3 Å². The van der Waals surface area contributed by atoms with Gasteiger partial charge in [0, 0.05) is 39.3 Å². The van der Waals surface area contributed by atoms with Crippen LogP contribution in [0.15, 0.2) is 30.3 Å². The van der Waals surface area contributed by atoms with Crippen LogP contribution in [0.2, 0.25) is 0 Å². The summed E-state index contributed by atoms with van der Waals surface area (Å²) >= 11 is 0. The number of nitrogens with one attached hydrogen (secondary N) is 2. The number of nitrogens with zero attached hydrogens (tertiary/aromatic N) is 2. The SMILES string of the molecule is CCC1(N2CCC(NC(=O)N3CCCC3)(c3ccccc3)CC2)CNCCO1. The van der Waals surface area contributed by atoms with Gasteiger partial charge in [0.1, 0.15) is 5.72 Å². The third-order valence-electron chi connectivity index (χ3n) is 6.86. The molecule has 1 aromatic carbocycles. The van der Waals surface area contributed by atoms with Crippen LogP contribution in [0.3, 0.4) is 0 Å². The molecule has 4 rings (SSSR count). The van der Waals surface area contributed by atoms with Gasteiger partial charge in [-0.3, -0.25) is 4.90 Å². The van der Waals surface area contributed by atoms with Crippen molar-refractivity contribution >= 4 is 6.03 Å². The topological polar surface area (TPSA) is 56.8 Å². The van der Waals surface area contributed by atoms with Gasteiger partial charge >= 0.3 is 6.03 Å². The summed E-state index contributed by atoms with van der Waals surface area (Å²) in [4.78, 5) is 17.4. The van der Waals surface area contributed by atoms with Crippen LogP contribution >= 0.6 is 0 Å². The van der Waals surface area contributed by atoms with Crippen molar-refractivity contribution in [3.63, 3.8) is 0 Å². The van der Waals surface area contributed by atoms with Crippen molar-refractivity contribution in [1.82, 2.24) is 20.4 Å². The van der Waals surface area contributed by atoms with Gasteiger partial charge in [-0.2, -0.15) is 0 Å². The van der Waals surface area contributed by atoms with Crippen molar-refractivity contribution in [2.24, 2.45) is 0 Å². The first-order valence-corrected chi connectivity index (χ1v) is 10.9. The molecular formula is C22H34N4O2. The van der Waals surface area contributed by atoms with E-state index in [0.29, 0.717) is 0 Å². The molecule has 2 N–H and O–H groups in total. The zero-order valence-corrected chi connectivity index (χ0v) is 17.1. The number of carbonyl (C=O) groups excluding carboxylic acids is 1. The number of likely N-dealkylation sites (tertiary alicyclic amines) is 2. The molecule has 1 unspecified atom stereocenters. The first-order chi connectivity index (χ1) is 13.7. The molecule has 0 bridgehead atoms. The largest absolute Gasteiger partial charge is 0.358 e. The molecule has 3 aliphatic heterocycles.